The Kier molecular flexibility index (Phi) is 1.29. The second kappa shape index (κ2) is 1.95. The molecular weight excluding hydrogens is 126 g/mol. The van der Waals surface area contributed by atoms with E-state index in [1.807, 2.05) is 6.92 Å². The first-order valence-corrected chi connectivity index (χ1v) is 4.14. The van der Waals surface area contributed by atoms with Crippen LogP contribution in [0.2, 0.25) is 0 Å². The van der Waals surface area contributed by atoms with Crippen molar-refractivity contribution in [2.75, 3.05) is 13.1 Å². The topological polar surface area (TPSA) is 32.3 Å². The molecule has 1 aliphatic carbocycles. The highest BCUT2D eigenvalue weighted by atomic mass is 16.3. The fourth-order valence-corrected chi connectivity index (χ4v) is 2.37. The van der Waals surface area contributed by atoms with Crippen LogP contribution in [0.25, 0.3) is 0 Å². The Bertz CT molecular complexity index is 126. The molecule has 58 valence electrons. The molecule has 10 heavy (non-hydrogen) atoms. The summed E-state index contributed by atoms with van der Waals surface area (Å²) in [4.78, 5) is 0. The van der Waals surface area contributed by atoms with Crippen LogP contribution in [0.15, 0.2) is 0 Å². The van der Waals surface area contributed by atoms with E-state index in [-0.39, 0.29) is 5.60 Å². The standard InChI is InChI=1S/C8H15NO/c1-8(10)6-2-3-7(8)5-9-4-6/h6-7,9-10H,2-5H2,1H3. The highest BCUT2D eigenvalue weighted by Gasteiger charge is 2.47. The van der Waals surface area contributed by atoms with Gasteiger partial charge in [0, 0.05) is 24.9 Å². The minimum atomic E-state index is -0.356. The van der Waals surface area contributed by atoms with Gasteiger partial charge in [0.1, 0.15) is 0 Å². The summed E-state index contributed by atoms with van der Waals surface area (Å²) in [7, 11) is 0. The first kappa shape index (κ1) is 6.62. The van der Waals surface area contributed by atoms with Gasteiger partial charge in [-0.15, -0.1) is 0 Å². The lowest BCUT2D eigenvalue weighted by Crippen LogP contribution is -2.50. The molecule has 0 aromatic carbocycles. The largest absolute Gasteiger partial charge is 0.390 e. The molecule has 1 saturated carbocycles. The molecule has 1 heterocycles. The first-order chi connectivity index (χ1) is 4.71. The second-order valence-corrected chi connectivity index (χ2v) is 3.86. The summed E-state index contributed by atoms with van der Waals surface area (Å²) in [5.41, 5.74) is -0.356. The number of nitrogens with one attached hydrogen (secondary N) is 1. The van der Waals surface area contributed by atoms with E-state index in [0.29, 0.717) is 11.8 Å². The lowest BCUT2D eigenvalue weighted by molar-refractivity contribution is -0.0342. The number of hydrogen-bond acceptors (Lipinski definition) is 2. The van der Waals surface area contributed by atoms with Gasteiger partial charge in [0.15, 0.2) is 0 Å². The summed E-state index contributed by atoms with van der Waals surface area (Å²) in [5, 5.41) is 13.3. The van der Waals surface area contributed by atoms with Crippen LogP contribution < -0.4 is 5.32 Å². The summed E-state index contributed by atoms with van der Waals surface area (Å²) in [6.45, 7) is 4.03. The Morgan fingerprint density at radius 1 is 1.30 bits per heavy atom. The van der Waals surface area contributed by atoms with Gasteiger partial charge < -0.3 is 10.4 Å². The molecular formula is C8H15NO. The molecule has 2 atom stereocenters. The minimum Gasteiger partial charge on any atom is -0.390 e. The molecule has 2 heteroatoms. The minimum absolute atomic E-state index is 0.356. The van der Waals surface area contributed by atoms with Crippen molar-refractivity contribution >= 4 is 0 Å². The fraction of sp³-hybridized carbons (Fsp3) is 1.00. The van der Waals surface area contributed by atoms with Gasteiger partial charge in [-0.25, -0.2) is 0 Å². The quantitative estimate of drug-likeness (QED) is 0.510. The molecule has 1 aliphatic heterocycles. The number of aliphatic hydroxyl groups is 1. The summed E-state index contributed by atoms with van der Waals surface area (Å²) in [6, 6.07) is 0. The molecule has 2 nitrogen and oxygen atoms in total. The maximum Gasteiger partial charge on any atom is 0.0700 e. The fourth-order valence-electron chi connectivity index (χ4n) is 2.37. The Balaban J connectivity index is 2.21. The number of piperidine rings is 1. The van der Waals surface area contributed by atoms with E-state index in [2.05, 4.69) is 5.32 Å². The van der Waals surface area contributed by atoms with Crippen LogP contribution in [-0.2, 0) is 0 Å². The third-order valence-corrected chi connectivity index (χ3v) is 3.30. The van der Waals surface area contributed by atoms with Crippen molar-refractivity contribution in [1.82, 2.24) is 5.32 Å². The average Bonchev–Trinajstić information content (AvgIpc) is 2.17. The van der Waals surface area contributed by atoms with Crippen molar-refractivity contribution in [3.63, 3.8) is 0 Å². The zero-order valence-corrected chi connectivity index (χ0v) is 6.43. The Morgan fingerprint density at radius 2 is 1.80 bits per heavy atom. The van der Waals surface area contributed by atoms with Crippen LogP contribution in [0.1, 0.15) is 19.8 Å². The molecule has 0 spiro atoms. The average molecular weight is 141 g/mol. The Morgan fingerprint density at radius 3 is 2.20 bits per heavy atom. The van der Waals surface area contributed by atoms with Gasteiger partial charge in [0.05, 0.1) is 5.60 Å². The van der Waals surface area contributed by atoms with E-state index >= 15 is 0 Å². The summed E-state index contributed by atoms with van der Waals surface area (Å²) in [6.07, 6.45) is 2.43. The van der Waals surface area contributed by atoms with Crippen molar-refractivity contribution < 1.29 is 5.11 Å². The van der Waals surface area contributed by atoms with E-state index in [1.165, 1.54) is 12.8 Å². The molecule has 2 bridgehead atoms. The van der Waals surface area contributed by atoms with Crippen LogP contribution in [-0.4, -0.2) is 23.8 Å². The van der Waals surface area contributed by atoms with Gasteiger partial charge >= 0.3 is 0 Å². The van der Waals surface area contributed by atoms with Crippen molar-refractivity contribution in [2.45, 2.75) is 25.4 Å². The summed E-state index contributed by atoms with van der Waals surface area (Å²) < 4.78 is 0. The lowest BCUT2D eigenvalue weighted by atomic mass is 9.83. The monoisotopic (exact) mass is 141 g/mol. The molecule has 0 radical (unpaired) electrons. The van der Waals surface area contributed by atoms with Crippen molar-refractivity contribution in [1.29, 1.82) is 0 Å². The zero-order valence-electron chi connectivity index (χ0n) is 6.43. The Hall–Kier alpha value is -0.0800. The molecule has 2 aliphatic rings. The Labute approximate surface area is 61.6 Å². The third-order valence-electron chi connectivity index (χ3n) is 3.30. The normalized spacial score (nSPS) is 53.4. The van der Waals surface area contributed by atoms with Crippen LogP contribution in [0, 0.1) is 11.8 Å². The highest BCUT2D eigenvalue weighted by Crippen LogP contribution is 2.41. The lowest BCUT2D eigenvalue weighted by Gasteiger charge is -2.36. The molecule has 0 aromatic rings. The molecule has 2 rings (SSSR count). The first-order valence-electron chi connectivity index (χ1n) is 4.14. The molecule has 2 unspecified atom stereocenters. The van der Waals surface area contributed by atoms with Crippen molar-refractivity contribution in [2.24, 2.45) is 11.8 Å². The van der Waals surface area contributed by atoms with Gasteiger partial charge in [-0.05, 0) is 19.8 Å². The summed E-state index contributed by atoms with van der Waals surface area (Å²) >= 11 is 0. The van der Waals surface area contributed by atoms with Gasteiger partial charge in [0.25, 0.3) is 0 Å². The van der Waals surface area contributed by atoms with Crippen molar-refractivity contribution in [3.05, 3.63) is 0 Å². The maximum absolute atomic E-state index is 9.93. The zero-order chi connectivity index (χ0) is 7.19. The van der Waals surface area contributed by atoms with E-state index in [9.17, 15) is 5.11 Å². The third kappa shape index (κ3) is 0.722. The second-order valence-electron chi connectivity index (χ2n) is 3.86. The molecule has 1 saturated heterocycles. The van der Waals surface area contributed by atoms with Gasteiger partial charge in [-0.1, -0.05) is 0 Å². The van der Waals surface area contributed by atoms with Crippen LogP contribution >= 0.6 is 0 Å². The van der Waals surface area contributed by atoms with E-state index in [4.69, 9.17) is 0 Å². The molecule has 0 aromatic heterocycles. The van der Waals surface area contributed by atoms with Crippen molar-refractivity contribution in [3.8, 4) is 0 Å². The SMILES string of the molecule is CC1(O)C2CCC1CNC2. The van der Waals surface area contributed by atoms with Crippen LogP contribution in [0.4, 0.5) is 0 Å². The van der Waals surface area contributed by atoms with Gasteiger partial charge in [-0.2, -0.15) is 0 Å². The van der Waals surface area contributed by atoms with Gasteiger partial charge in [-0.3, -0.25) is 0 Å². The van der Waals surface area contributed by atoms with E-state index < -0.39 is 0 Å². The number of rotatable bonds is 0. The molecule has 0 amide bonds. The predicted octanol–water partition coefficient (Wildman–Crippen LogP) is 0.367. The molecule has 2 fully saturated rings. The van der Waals surface area contributed by atoms with E-state index in [0.717, 1.165) is 13.1 Å². The van der Waals surface area contributed by atoms with Crippen LogP contribution in [0.5, 0.6) is 0 Å². The smallest absolute Gasteiger partial charge is 0.0700 e. The number of hydrogen-bond donors (Lipinski definition) is 2. The van der Waals surface area contributed by atoms with Crippen LogP contribution in [0.3, 0.4) is 0 Å². The number of fused-ring (bicyclic) bond motifs is 2. The maximum atomic E-state index is 9.93. The molecule has 2 N–H and O–H groups in total. The predicted molar refractivity (Wildman–Crippen MR) is 39.7 cm³/mol. The van der Waals surface area contributed by atoms with Gasteiger partial charge in [0.2, 0.25) is 0 Å². The summed E-state index contributed by atoms with van der Waals surface area (Å²) in [5.74, 6) is 1.04. The highest BCUT2D eigenvalue weighted by molar-refractivity contribution is 5.00. The van der Waals surface area contributed by atoms with E-state index in [1.54, 1.807) is 0 Å².